The first-order valence-electron chi connectivity index (χ1n) is 6.76. The first-order valence-corrected chi connectivity index (χ1v) is 8.21. The Morgan fingerprint density at radius 1 is 1.21 bits per heavy atom. The van der Waals surface area contributed by atoms with E-state index in [9.17, 15) is 18.0 Å². The first kappa shape index (κ1) is 17.2. The number of benzene rings is 2. The van der Waals surface area contributed by atoms with Gasteiger partial charge in [-0.1, -0.05) is 29.8 Å². The molecule has 0 atom stereocenters. The molecule has 3 nitrogen and oxygen atoms in total. The smallest absolute Gasteiger partial charge is 0.267 e. The summed E-state index contributed by atoms with van der Waals surface area (Å²) in [5.41, 5.74) is -0.358. The Hall–Kier alpha value is -1.61. The molecule has 124 valence electrons. The molecular formula is C16H9ClF3IN2O. The highest BCUT2D eigenvalue weighted by Crippen LogP contribution is 2.36. The first-order chi connectivity index (χ1) is 11.2. The number of carbonyl (C=O) groups excluding carboxylic acids is 1. The summed E-state index contributed by atoms with van der Waals surface area (Å²) in [4.78, 5) is 12.8. The second kappa shape index (κ2) is 6.03. The largest absolute Gasteiger partial charge is 0.417 e. The quantitative estimate of drug-likeness (QED) is 0.458. The zero-order chi connectivity index (χ0) is 17.6. The summed E-state index contributed by atoms with van der Waals surface area (Å²) in [5.74, 6) is -0.911. The lowest BCUT2D eigenvalue weighted by Crippen LogP contribution is -2.20. The van der Waals surface area contributed by atoms with Crippen LogP contribution < -0.4 is 0 Å². The molecule has 3 rings (SSSR count). The molecule has 2 aromatic carbocycles. The molecule has 0 radical (unpaired) electrons. The Bertz CT molecular complexity index is 966. The summed E-state index contributed by atoms with van der Waals surface area (Å²) >= 11 is 7.86. The van der Waals surface area contributed by atoms with E-state index in [0.29, 0.717) is 9.22 Å². The van der Waals surface area contributed by atoms with E-state index >= 15 is 0 Å². The third-order valence-corrected chi connectivity index (χ3v) is 4.67. The van der Waals surface area contributed by atoms with Crippen molar-refractivity contribution in [3.8, 4) is 0 Å². The summed E-state index contributed by atoms with van der Waals surface area (Å²) in [6.45, 7) is 1.84. The SMILES string of the molecule is Cc1cccc2c1c(I)nn2C(=O)c1c(Cl)cccc1C(F)(F)F. The van der Waals surface area contributed by atoms with Gasteiger partial charge in [0.1, 0.15) is 3.70 Å². The van der Waals surface area contributed by atoms with Gasteiger partial charge in [0, 0.05) is 5.39 Å². The highest BCUT2D eigenvalue weighted by atomic mass is 127. The van der Waals surface area contributed by atoms with Crippen LogP contribution in [0.15, 0.2) is 36.4 Å². The summed E-state index contributed by atoms with van der Waals surface area (Å²) in [6, 6.07) is 8.46. The fourth-order valence-electron chi connectivity index (χ4n) is 2.53. The van der Waals surface area contributed by atoms with Crippen LogP contribution >= 0.6 is 34.2 Å². The molecule has 0 aliphatic rings. The van der Waals surface area contributed by atoms with E-state index in [0.717, 1.165) is 27.8 Å². The summed E-state index contributed by atoms with van der Waals surface area (Å²) in [6.07, 6.45) is -4.69. The molecule has 0 fully saturated rings. The molecule has 24 heavy (non-hydrogen) atoms. The number of halogens is 5. The van der Waals surface area contributed by atoms with Crippen LogP contribution in [-0.4, -0.2) is 15.7 Å². The second-order valence-corrected chi connectivity index (χ2v) is 6.57. The molecule has 0 spiro atoms. The van der Waals surface area contributed by atoms with Crippen LogP contribution in [0.1, 0.15) is 21.5 Å². The van der Waals surface area contributed by atoms with Crippen molar-refractivity contribution in [2.24, 2.45) is 0 Å². The van der Waals surface area contributed by atoms with E-state index in [-0.39, 0.29) is 5.02 Å². The number of carbonyl (C=O) groups is 1. The number of hydrogen-bond donors (Lipinski definition) is 0. The highest BCUT2D eigenvalue weighted by Gasteiger charge is 2.37. The fraction of sp³-hybridized carbons (Fsp3) is 0.125. The molecule has 0 saturated carbocycles. The Balaban J connectivity index is 2.28. The topological polar surface area (TPSA) is 34.9 Å². The second-order valence-electron chi connectivity index (χ2n) is 5.14. The standard InChI is InChI=1S/C16H9ClF3IN2O/c1-8-4-2-7-11-12(8)14(21)22-23(11)15(24)13-9(16(18,19)20)5-3-6-10(13)17/h2-7H,1H3. The van der Waals surface area contributed by atoms with E-state index in [4.69, 9.17) is 11.6 Å². The lowest BCUT2D eigenvalue weighted by molar-refractivity contribution is -0.137. The zero-order valence-corrected chi connectivity index (χ0v) is 15.1. The average Bonchev–Trinajstić information content (AvgIpc) is 2.84. The van der Waals surface area contributed by atoms with Crippen LogP contribution in [-0.2, 0) is 6.18 Å². The normalized spacial score (nSPS) is 11.9. The van der Waals surface area contributed by atoms with Crippen molar-refractivity contribution in [1.82, 2.24) is 9.78 Å². The van der Waals surface area contributed by atoms with Crippen molar-refractivity contribution in [2.75, 3.05) is 0 Å². The summed E-state index contributed by atoms with van der Waals surface area (Å²) in [5, 5.41) is 4.58. The minimum Gasteiger partial charge on any atom is -0.267 e. The molecule has 0 N–H and O–H groups in total. The average molecular weight is 465 g/mol. The summed E-state index contributed by atoms with van der Waals surface area (Å²) in [7, 11) is 0. The number of rotatable bonds is 1. The van der Waals surface area contributed by atoms with Crippen LogP contribution in [0.3, 0.4) is 0 Å². The molecular weight excluding hydrogens is 456 g/mol. The van der Waals surface area contributed by atoms with Gasteiger partial charge in [0.25, 0.3) is 5.91 Å². The molecule has 1 aromatic heterocycles. The maximum absolute atomic E-state index is 13.2. The number of fused-ring (bicyclic) bond motifs is 1. The molecule has 0 aliphatic heterocycles. The van der Waals surface area contributed by atoms with Crippen molar-refractivity contribution < 1.29 is 18.0 Å². The highest BCUT2D eigenvalue weighted by molar-refractivity contribution is 14.1. The van der Waals surface area contributed by atoms with Crippen molar-refractivity contribution in [3.05, 3.63) is 61.8 Å². The van der Waals surface area contributed by atoms with E-state index in [2.05, 4.69) is 5.10 Å². The molecule has 1 heterocycles. The Labute approximate surface area is 153 Å². The van der Waals surface area contributed by atoms with Crippen LogP contribution in [0.25, 0.3) is 10.9 Å². The van der Waals surface area contributed by atoms with E-state index in [1.807, 2.05) is 35.6 Å². The van der Waals surface area contributed by atoms with Crippen LogP contribution in [0, 0.1) is 10.6 Å². The van der Waals surface area contributed by atoms with Gasteiger partial charge in [0.15, 0.2) is 0 Å². The number of hydrogen-bond acceptors (Lipinski definition) is 2. The third-order valence-electron chi connectivity index (χ3n) is 3.60. The maximum Gasteiger partial charge on any atom is 0.417 e. The van der Waals surface area contributed by atoms with Crippen LogP contribution in [0.4, 0.5) is 13.2 Å². The summed E-state index contributed by atoms with van der Waals surface area (Å²) < 4.78 is 41.2. The van der Waals surface area contributed by atoms with E-state index in [1.54, 1.807) is 12.1 Å². The molecule has 0 aliphatic carbocycles. The zero-order valence-electron chi connectivity index (χ0n) is 12.2. The van der Waals surface area contributed by atoms with Crippen molar-refractivity contribution in [2.45, 2.75) is 13.1 Å². The predicted octanol–water partition coefficient (Wildman–Crippen LogP) is 5.31. The number of aryl methyl sites for hydroxylation is 1. The molecule has 0 amide bonds. The van der Waals surface area contributed by atoms with Gasteiger partial charge in [-0.05, 0) is 53.3 Å². The van der Waals surface area contributed by atoms with Gasteiger partial charge in [-0.15, -0.1) is 0 Å². The van der Waals surface area contributed by atoms with Crippen molar-refractivity contribution in [3.63, 3.8) is 0 Å². The lowest BCUT2D eigenvalue weighted by Gasteiger charge is -2.13. The van der Waals surface area contributed by atoms with Gasteiger partial charge in [-0.25, -0.2) is 0 Å². The monoisotopic (exact) mass is 464 g/mol. The molecule has 0 bridgehead atoms. The number of alkyl halides is 3. The van der Waals surface area contributed by atoms with Crippen molar-refractivity contribution >= 4 is 51.0 Å². The Morgan fingerprint density at radius 3 is 2.54 bits per heavy atom. The molecule has 3 aromatic rings. The number of aromatic nitrogens is 2. The Kier molecular flexibility index (Phi) is 4.33. The maximum atomic E-state index is 13.2. The van der Waals surface area contributed by atoms with E-state index < -0.39 is 23.2 Å². The van der Waals surface area contributed by atoms with Gasteiger partial charge >= 0.3 is 6.18 Å². The molecule has 8 heteroatoms. The third kappa shape index (κ3) is 2.79. The molecule has 0 saturated heterocycles. The molecule has 0 unspecified atom stereocenters. The van der Waals surface area contributed by atoms with Gasteiger partial charge in [-0.3, -0.25) is 4.79 Å². The minimum absolute atomic E-state index is 0.263. The van der Waals surface area contributed by atoms with E-state index in [1.165, 1.54) is 6.07 Å². The lowest BCUT2D eigenvalue weighted by atomic mass is 10.1. The van der Waals surface area contributed by atoms with Crippen LogP contribution in [0.2, 0.25) is 5.02 Å². The van der Waals surface area contributed by atoms with Gasteiger partial charge in [-0.2, -0.15) is 23.0 Å². The van der Waals surface area contributed by atoms with Gasteiger partial charge in [0.05, 0.1) is 21.7 Å². The fourth-order valence-corrected chi connectivity index (χ4v) is 3.70. The number of nitrogens with zero attached hydrogens (tertiary/aromatic N) is 2. The van der Waals surface area contributed by atoms with Gasteiger partial charge < -0.3 is 0 Å². The van der Waals surface area contributed by atoms with Crippen LogP contribution in [0.5, 0.6) is 0 Å². The van der Waals surface area contributed by atoms with Crippen molar-refractivity contribution in [1.29, 1.82) is 0 Å². The Morgan fingerprint density at radius 2 is 1.88 bits per heavy atom. The van der Waals surface area contributed by atoms with Gasteiger partial charge in [0.2, 0.25) is 0 Å². The predicted molar refractivity (Wildman–Crippen MR) is 93.4 cm³/mol. The minimum atomic E-state index is -4.69.